The van der Waals surface area contributed by atoms with E-state index in [-0.39, 0.29) is 30.5 Å². The van der Waals surface area contributed by atoms with Crippen LogP contribution in [-0.4, -0.2) is 37.0 Å². The number of likely N-dealkylation sites (N-methyl/N-ethyl adjacent to an activating group) is 1. The molecule has 0 saturated heterocycles. The molecule has 2 aromatic rings. The Morgan fingerprint density at radius 1 is 1.13 bits per heavy atom. The Hall–Kier alpha value is -2.70. The van der Waals surface area contributed by atoms with Crippen molar-refractivity contribution >= 4 is 11.9 Å². The van der Waals surface area contributed by atoms with Gasteiger partial charge in [-0.15, -0.1) is 0 Å². The second kappa shape index (κ2) is 8.58. The van der Waals surface area contributed by atoms with Crippen LogP contribution in [0.4, 0.5) is 0 Å². The maximum absolute atomic E-state index is 12.3. The van der Waals surface area contributed by atoms with E-state index in [4.69, 9.17) is 15.2 Å². The predicted octanol–water partition coefficient (Wildman–Crippen LogP) is 3.40. The fraction of sp³-hybridized carbons (Fsp3) is 0.417. The minimum Gasteiger partial charge on any atom is -0.422 e. The molecule has 0 fully saturated rings. The molecular formula is C24H28N2O4. The van der Waals surface area contributed by atoms with E-state index in [9.17, 15) is 9.59 Å². The largest absolute Gasteiger partial charge is 0.422 e. The lowest BCUT2D eigenvalue weighted by Gasteiger charge is -2.40. The maximum Gasteiger partial charge on any atom is 0.311 e. The molecule has 2 aliphatic rings. The van der Waals surface area contributed by atoms with Crippen molar-refractivity contribution in [3.05, 3.63) is 47.0 Å². The molecule has 6 nitrogen and oxygen atoms in total. The summed E-state index contributed by atoms with van der Waals surface area (Å²) in [7, 11) is 2.15. The molecule has 1 heterocycles. The van der Waals surface area contributed by atoms with Crippen molar-refractivity contribution in [3.8, 4) is 22.6 Å². The number of carbonyl (C=O) groups is 2. The van der Waals surface area contributed by atoms with E-state index in [1.807, 2.05) is 6.07 Å². The van der Waals surface area contributed by atoms with E-state index < -0.39 is 0 Å². The monoisotopic (exact) mass is 408 g/mol. The second-order valence-corrected chi connectivity index (χ2v) is 7.95. The molecular weight excluding hydrogens is 380 g/mol. The van der Waals surface area contributed by atoms with E-state index >= 15 is 0 Å². The standard InChI is InChI=1S/C24H28N2O4/c1-3-20(27)30-24-19(29-21(28)8-5-12-25)10-9-16-14-18-22-15(11-13-26(18)2)6-4-7-17(22)23(16)24/h4,6-7,9-10,18H,3,5,8,11-14,25H2,1-2H3/t18-/m1/s1. The SMILES string of the molecule is CCC(=O)Oc1c(OC(=O)CCCN)ccc2c1-c1cccc3c1[C@@H](C2)N(C)CC3. The minimum atomic E-state index is -0.377. The summed E-state index contributed by atoms with van der Waals surface area (Å²) in [5, 5.41) is 0. The van der Waals surface area contributed by atoms with Crippen LogP contribution in [0, 0.1) is 0 Å². The molecule has 158 valence electrons. The molecule has 2 aromatic carbocycles. The molecule has 0 bridgehead atoms. The van der Waals surface area contributed by atoms with E-state index in [1.165, 1.54) is 11.1 Å². The van der Waals surface area contributed by atoms with Crippen molar-refractivity contribution in [3.63, 3.8) is 0 Å². The van der Waals surface area contributed by atoms with Gasteiger partial charge >= 0.3 is 11.9 Å². The summed E-state index contributed by atoms with van der Waals surface area (Å²) in [6.07, 6.45) is 2.83. The van der Waals surface area contributed by atoms with Gasteiger partial charge in [-0.25, -0.2) is 0 Å². The maximum atomic E-state index is 12.3. The molecule has 1 aliphatic heterocycles. The summed E-state index contributed by atoms with van der Waals surface area (Å²) in [6.45, 7) is 3.19. The van der Waals surface area contributed by atoms with Crippen LogP contribution >= 0.6 is 0 Å². The zero-order valence-corrected chi connectivity index (χ0v) is 17.6. The quantitative estimate of drug-likeness (QED) is 0.583. The summed E-state index contributed by atoms with van der Waals surface area (Å²) >= 11 is 0. The van der Waals surface area contributed by atoms with Crippen LogP contribution in [0.5, 0.6) is 11.5 Å². The van der Waals surface area contributed by atoms with Gasteiger partial charge in [-0.2, -0.15) is 0 Å². The highest BCUT2D eigenvalue weighted by atomic mass is 16.6. The van der Waals surface area contributed by atoms with Crippen molar-refractivity contribution in [2.45, 2.75) is 45.1 Å². The van der Waals surface area contributed by atoms with E-state index in [0.29, 0.717) is 24.8 Å². The van der Waals surface area contributed by atoms with Gasteiger partial charge in [0.25, 0.3) is 0 Å². The molecule has 30 heavy (non-hydrogen) atoms. The lowest BCUT2D eigenvalue weighted by atomic mass is 9.77. The third-order valence-corrected chi connectivity index (χ3v) is 6.00. The van der Waals surface area contributed by atoms with Gasteiger partial charge in [-0.3, -0.25) is 14.5 Å². The summed E-state index contributed by atoms with van der Waals surface area (Å²) in [5.41, 5.74) is 11.1. The Morgan fingerprint density at radius 2 is 1.97 bits per heavy atom. The first-order valence-corrected chi connectivity index (χ1v) is 10.6. The van der Waals surface area contributed by atoms with Crippen molar-refractivity contribution < 1.29 is 19.1 Å². The van der Waals surface area contributed by atoms with Crippen LogP contribution in [0.25, 0.3) is 11.1 Å². The van der Waals surface area contributed by atoms with Crippen LogP contribution in [-0.2, 0) is 22.4 Å². The van der Waals surface area contributed by atoms with Gasteiger partial charge < -0.3 is 15.2 Å². The lowest BCUT2D eigenvalue weighted by molar-refractivity contribution is -0.137. The molecule has 6 heteroatoms. The predicted molar refractivity (Wildman–Crippen MR) is 115 cm³/mol. The summed E-state index contributed by atoms with van der Waals surface area (Å²) in [6, 6.07) is 10.3. The van der Waals surface area contributed by atoms with Gasteiger partial charge in [0.05, 0.1) is 0 Å². The number of rotatable bonds is 6. The number of fused-ring (bicyclic) bond motifs is 2. The van der Waals surface area contributed by atoms with Gasteiger partial charge in [0.1, 0.15) is 0 Å². The first kappa shape index (κ1) is 20.6. The fourth-order valence-electron chi connectivity index (χ4n) is 4.44. The molecule has 0 spiro atoms. The van der Waals surface area contributed by atoms with Crippen molar-refractivity contribution in [2.75, 3.05) is 20.1 Å². The van der Waals surface area contributed by atoms with E-state index in [0.717, 1.165) is 36.1 Å². The van der Waals surface area contributed by atoms with E-state index in [2.05, 4.69) is 30.1 Å². The normalized spacial score (nSPS) is 17.1. The molecule has 4 rings (SSSR count). The molecule has 0 saturated carbocycles. The summed E-state index contributed by atoms with van der Waals surface area (Å²) < 4.78 is 11.4. The topological polar surface area (TPSA) is 81.9 Å². The van der Waals surface area contributed by atoms with Gasteiger partial charge in [-0.05, 0) is 61.2 Å². The molecule has 1 atom stereocenters. The smallest absolute Gasteiger partial charge is 0.311 e. The number of nitrogens with two attached hydrogens (primary N) is 1. The molecule has 0 amide bonds. The zero-order valence-electron chi connectivity index (χ0n) is 17.6. The number of hydrogen-bond donors (Lipinski definition) is 1. The Bertz CT molecular complexity index is 985. The Kier molecular flexibility index (Phi) is 5.88. The van der Waals surface area contributed by atoms with Gasteiger partial charge in [0.15, 0.2) is 11.5 Å². The number of hydrogen-bond acceptors (Lipinski definition) is 6. The Balaban J connectivity index is 1.84. The minimum absolute atomic E-state index is 0.225. The highest BCUT2D eigenvalue weighted by Crippen LogP contribution is 2.50. The lowest BCUT2D eigenvalue weighted by Crippen LogP contribution is -2.35. The first-order chi connectivity index (χ1) is 14.5. The Labute approximate surface area is 177 Å². The highest BCUT2D eigenvalue weighted by Gasteiger charge is 2.35. The third kappa shape index (κ3) is 3.73. The van der Waals surface area contributed by atoms with E-state index in [1.54, 1.807) is 13.0 Å². The molecule has 1 aliphatic carbocycles. The van der Waals surface area contributed by atoms with Gasteiger partial charge in [0, 0.05) is 31.0 Å². The second-order valence-electron chi connectivity index (χ2n) is 7.95. The van der Waals surface area contributed by atoms with Gasteiger partial charge in [0.2, 0.25) is 0 Å². The number of esters is 2. The third-order valence-electron chi connectivity index (χ3n) is 6.00. The average molecular weight is 408 g/mol. The van der Waals surface area contributed by atoms with Crippen molar-refractivity contribution in [1.82, 2.24) is 4.90 Å². The van der Waals surface area contributed by atoms with Crippen LogP contribution in [0.1, 0.15) is 48.9 Å². The Morgan fingerprint density at radius 3 is 2.73 bits per heavy atom. The van der Waals surface area contributed by atoms with Crippen LogP contribution < -0.4 is 15.2 Å². The molecule has 0 radical (unpaired) electrons. The molecule has 2 N–H and O–H groups in total. The summed E-state index contributed by atoms with van der Waals surface area (Å²) in [5.74, 6) is -0.0947. The molecule has 0 unspecified atom stereocenters. The summed E-state index contributed by atoms with van der Waals surface area (Å²) in [4.78, 5) is 26.9. The average Bonchev–Trinajstić information content (AvgIpc) is 2.76. The zero-order chi connectivity index (χ0) is 21.3. The van der Waals surface area contributed by atoms with Crippen molar-refractivity contribution in [2.24, 2.45) is 5.73 Å². The fourth-order valence-corrected chi connectivity index (χ4v) is 4.44. The van der Waals surface area contributed by atoms with Crippen LogP contribution in [0.3, 0.4) is 0 Å². The van der Waals surface area contributed by atoms with Crippen LogP contribution in [0.2, 0.25) is 0 Å². The van der Waals surface area contributed by atoms with Gasteiger partial charge in [-0.1, -0.05) is 31.2 Å². The highest BCUT2D eigenvalue weighted by molar-refractivity contribution is 5.87. The molecule has 0 aromatic heterocycles. The number of benzene rings is 2. The van der Waals surface area contributed by atoms with Crippen LogP contribution in [0.15, 0.2) is 30.3 Å². The van der Waals surface area contributed by atoms with Crippen molar-refractivity contribution in [1.29, 1.82) is 0 Å². The first-order valence-electron chi connectivity index (χ1n) is 10.6. The number of carbonyl (C=O) groups excluding carboxylic acids is 2. The number of ether oxygens (including phenoxy) is 2. The number of nitrogens with zero attached hydrogens (tertiary/aromatic N) is 1.